The molecule has 3 rings (SSSR count). The Morgan fingerprint density at radius 1 is 1.10 bits per heavy atom. The van der Waals surface area contributed by atoms with Crippen LogP contribution in [0.3, 0.4) is 0 Å². The molecule has 2 saturated heterocycles. The summed E-state index contributed by atoms with van der Waals surface area (Å²) >= 11 is 0. The highest BCUT2D eigenvalue weighted by Gasteiger charge is 2.36. The minimum absolute atomic E-state index is 0.124. The van der Waals surface area contributed by atoms with Crippen LogP contribution in [-0.2, 0) is 0 Å². The van der Waals surface area contributed by atoms with Crippen LogP contribution < -0.4 is 5.32 Å². The zero-order valence-electron chi connectivity index (χ0n) is 12.9. The lowest BCUT2D eigenvalue weighted by molar-refractivity contribution is 0.0462. The van der Waals surface area contributed by atoms with Gasteiger partial charge in [-0.15, -0.1) is 0 Å². The molecule has 0 radical (unpaired) electrons. The molecule has 0 aromatic heterocycles. The fourth-order valence-electron chi connectivity index (χ4n) is 4.07. The lowest BCUT2D eigenvalue weighted by Crippen LogP contribution is -2.54. The average molecular weight is 290 g/mol. The molecule has 2 bridgehead atoms. The Hall–Kier alpha value is -1.26. The zero-order valence-corrected chi connectivity index (χ0v) is 12.9. The first-order valence-corrected chi connectivity index (χ1v) is 8.04. The SMILES string of the molecule is CC(NC1CC2CCCC(C1)N2C)c1cc(O)cc(O)c1. The van der Waals surface area contributed by atoms with Gasteiger partial charge in [0.15, 0.2) is 0 Å². The van der Waals surface area contributed by atoms with Gasteiger partial charge in [-0.2, -0.15) is 0 Å². The number of nitrogens with zero attached hydrogens (tertiary/aromatic N) is 1. The van der Waals surface area contributed by atoms with Crippen LogP contribution in [0.1, 0.15) is 50.6 Å². The van der Waals surface area contributed by atoms with E-state index in [9.17, 15) is 10.2 Å². The number of fused-ring (bicyclic) bond motifs is 2. The second kappa shape index (κ2) is 5.85. The first kappa shape index (κ1) is 14.7. The zero-order chi connectivity index (χ0) is 15.0. The smallest absolute Gasteiger partial charge is 0.119 e. The van der Waals surface area contributed by atoms with Crippen molar-refractivity contribution in [2.24, 2.45) is 0 Å². The van der Waals surface area contributed by atoms with E-state index in [2.05, 4.69) is 24.2 Å². The third kappa shape index (κ3) is 3.16. The summed E-state index contributed by atoms with van der Waals surface area (Å²) in [5.41, 5.74) is 0.941. The fraction of sp³-hybridized carbons (Fsp3) is 0.647. The molecule has 0 amide bonds. The van der Waals surface area contributed by atoms with E-state index in [0.29, 0.717) is 18.1 Å². The van der Waals surface area contributed by atoms with Crippen LogP contribution in [-0.4, -0.2) is 40.3 Å². The summed E-state index contributed by atoms with van der Waals surface area (Å²) in [5, 5.41) is 22.9. The maximum Gasteiger partial charge on any atom is 0.119 e. The summed E-state index contributed by atoms with van der Waals surface area (Å²) in [5.74, 6) is 0.248. The Morgan fingerprint density at radius 3 is 2.24 bits per heavy atom. The largest absolute Gasteiger partial charge is 0.508 e. The van der Waals surface area contributed by atoms with E-state index in [0.717, 1.165) is 5.56 Å². The lowest BCUT2D eigenvalue weighted by Gasteiger charge is -2.47. The number of aromatic hydroxyl groups is 2. The van der Waals surface area contributed by atoms with Gasteiger partial charge in [0.05, 0.1) is 0 Å². The second-order valence-electron chi connectivity index (χ2n) is 6.74. The summed E-state index contributed by atoms with van der Waals surface area (Å²) < 4.78 is 0. The van der Waals surface area contributed by atoms with E-state index in [-0.39, 0.29) is 17.5 Å². The highest BCUT2D eigenvalue weighted by atomic mass is 16.3. The highest BCUT2D eigenvalue weighted by Crippen LogP contribution is 2.34. The standard InChI is InChI=1S/C17H26N2O2/c1-11(12-6-16(20)10-17(21)7-12)18-13-8-14-4-3-5-15(9-13)19(14)2/h6-7,10-11,13-15,18,20-21H,3-5,8-9H2,1-2H3. The van der Waals surface area contributed by atoms with E-state index in [1.807, 2.05) is 0 Å². The van der Waals surface area contributed by atoms with Crippen molar-refractivity contribution in [3.05, 3.63) is 23.8 Å². The third-order valence-electron chi connectivity index (χ3n) is 5.25. The lowest BCUT2D eigenvalue weighted by atomic mass is 9.82. The predicted molar refractivity (Wildman–Crippen MR) is 83.5 cm³/mol. The van der Waals surface area contributed by atoms with Gasteiger partial charge in [-0.1, -0.05) is 6.42 Å². The van der Waals surface area contributed by atoms with Gasteiger partial charge in [0.25, 0.3) is 0 Å². The summed E-state index contributed by atoms with van der Waals surface area (Å²) in [6, 6.07) is 6.91. The fourth-order valence-corrected chi connectivity index (χ4v) is 4.07. The van der Waals surface area contributed by atoms with Crippen molar-refractivity contribution < 1.29 is 10.2 Å². The van der Waals surface area contributed by atoms with E-state index in [4.69, 9.17) is 0 Å². The van der Waals surface area contributed by atoms with E-state index in [1.54, 1.807) is 12.1 Å². The quantitative estimate of drug-likeness (QED) is 0.801. The second-order valence-corrected chi connectivity index (χ2v) is 6.74. The van der Waals surface area contributed by atoms with Gasteiger partial charge in [-0.3, -0.25) is 0 Å². The molecule has 2 fully saturated rings. The minimum atomic E-state index is 0.124. The van der Waals surface area contributed by atoms with Gasteiger partial charge in [-0.25, -0.2) is 0 Å². The monoisotopic (exact) mass is 290 g/mol. The van der Waals surface area contributed by atoms with Crippen LogP contribution >= 0.6 is 0 Å². The molecule has 3 N–H and O–H groups in total. The summed E-state index contributed by atoms with van der Waals surface area (Å²) in [7, 11) is 2.27. The first-order valence-electron chi connectivity index (χ1n) is 8.04. The van der Waals surface area contributed by atoms with Gasteiger partial charge in [-0.05, 0) is 57.4 Å². The van der Waals surface area contributed by atoms with Gasteiger partial charge < -0.3 is 20.4 Å². The maximum absolute atomic E-state index is 9.62. The van der Waals surface area contributed by atoms with E-state index >= 15 is 0 Å². The van der Waals surface area contributed by atoms with Crippen LogP contribution in [0.2, 0.25) is 0 Å². The Morgan fingerprint density at radius 2 is 1.67 bits per heavy atom. The Bertz CT molecular complexity index is 471. The molecule has 0 aliphatic carbocycles. The summed E-state index contributed by atoms with van der Waals surface area (Å²) in [6.45, 7) is 2.10. The van der Waals surface area contributed by atoms with Gasteiger partial charge >= 0.3 is 0 Å². The topological polar surface area (TPSA) is 55.7 Å². The van der Waals surface area contributed by atoms with Crippen molar-refractivity contribution in [2.45, 2.75) is 63.2 Å². The molecule has 4 heteroatoms. The number of phenols is 2. The number of piperidine rings is 2. The predicted octanol–water partition coefficient (Wildman–Crippen LogP) is 2.76. The number of nitrogens with one attached hydrogen (secondary N) is 1. The van der Waals surface area contributed by atoms with Crippen LogP contribution in [0.15, 0.2) is 18.2 Å². The molecule has 116 valence electrons. The molecular weight excluding hydrogens is 264 g/mol. The van der Waals surface area contributed by atoms with Crippen molar-refractivity contribution >= 4 is 0 Å². The number of hydrogen-bond donors (Lipinski definition) is 3. The molecule has 0 saturated carbocycles. The normalized spacial score (nSPS) is 31.0. The number of phenolic OH excluding ortho intramolecular Hbond substituents is 2. The third-order valence-corrected chi connectivity index (χ3v) is 5.25. The number of benzene rings is 1. The summed E-state index contributed by atoms with van der Waals surface area (Å²) in [6.07, 6.45) is 6.38. The summed E-state index contributed by atoms with van der Waals surface area (Å²) in [4.78, 5) is 2.56. The molecule has 21 heavy (non-hydrogen) atoms. The number of rotatable bonds is 3. The molecule has 1 aromatic carbocycles. The van der Waals surface area contributed by atoms with Gasteiger partial charge in [0.2, 0.25) is 0 Å². The molecule has 1 aromatic rings. The minimum Gasteiger partial charge on any atom is -0.508 e. The van der Waals surface area contributed by atoms with E-state index < -0.39 is 0 Å². The molecular formula is C17H26N2O2. The Balaban J connectivity index is 1.66. The molecule has 2 aliphatic heterocycles. The van der Waals surface area contributed by atoms with Crippen molar-refractivity contribution in [3.8, 4) is 11.5 Å². The Kier molecular flexibility index (Phi) is 4.09. The molecule has 0 spiro atoms. The Labute approximate surface area is 126 Å². The van der Waals surface area contributed by atoms with Crippen LogP contribution in [0.4, 0.5) is 0 Å². The number of hydrogen-bond acceptors (Lipinski definition) is 4. The van der Waals surface area contributed by atoms with Gasteiger partial charge in [0, 0.05) is 30.2 Å². The van der Waals surface area contributed by atoms with Crippen LogP contribution in [0.25, 0.3) is 0 Å². The van der Waals surface area contributed by atoms with E-state index in [1.165, 1.54) is 38.2 Å². The van der Waals surface area contributed by atoms with Crippen molar-refractivity contribution in [1.29, 1.82) is 0 Å². The first-order chi connectivity index (χ1) is 10.0. The molecule has 3 atom stereocenters. The molecule has 4 nitrogen and oxygen atoms in total. The average Bonchev–Trinajstić information content (AvgIpc) is 2.38. The van der Waals surface area contributed by atoms with Crippen molar-refractivity contribution in [3.63, 3.8) is 0 Å². The maximum atomic E-state index is 9.62. The van der Waals surface area contributed by atoms with Crippen molar-refractivity contribution in [2.75, 3.05) is 7.05 Å². The molecule has 2 heterocycles. The van der Waals surface area contributed by atoms with Crippen molar-refractivity contribution in [1.82, 2.24) is 10.2 Å². The van der Waals surface area contributed by atoms with Crippen LogP contribution in [0, 0.1) is 0 Å². The highest BCUT2D eigenvalue weighted by molar-refractivity contribution is 5.38. The molecule has 2 aliphatic rings. The molecule has 3 unspecified atom stereocenters. The van der Waals surface area contributed by atoms with Gasteiger partial charge in [0.1, 0.15) is 11.5 Å². The van der Waals surface area contributed by atoms with Crippen LogP contribution in [0.5, 0.6) is 11.5 Å².